The Morgan fingerprint density at radius 2 is 2.22 bits per heavy atom. The standard InChI is InChI=1S/C12H8BrFO4/c13-7-1-2-10(9(14)5-7)18-6-11-8(12(15)16)3-4-17-11/h1-5H,6H2,(H,15,16). The van der Waals surface area contributed by atoms with Crippen molar-refractivity contribution in [3.8, 4) is 5.75 Å². The van der Waals surface area contributed by atoms with Crippen LogP contribution in [0.4, 0.5) is 4.39 Å². The molecule has 94 valence electrons. The minimum absolute atomic E-state index is 0.00696. The summed E-state index contributed by atoms with van der Waals surface area (Å²) >= 11 is 3.12. The quantitative estimate of drug-likeness (QED) is 0.939. The zero-order valence-electron chi connectivity index (χ0n) is 9.02. The van der Waals surface area contributed by atoms with Gasteiger partial charge in [-0.05, 0) is 24.3 Å². The highest BCUT2D eigenvalue weighted by atomic mass is 79.9. The highest BCUT2D eigenvalue weighted by molar-refractivity contribution is 9.10. The third-order valence-corrected chi connectivity index (χ3v) is 2.72. The van der Waals surface area contributed by atoms with Crippen molar-refractivity contribution in [3.05, 3.63) is 52.1 Å². The number of carboxylic acid groups (broad SMARTS) is 1. The number of ether oxygens (including phenoxy) is 1. The number of aromatic carboxylic acids is 1. The van der Waals surface area contributed by atoms with E-state index in [1.54, 1.807) is 6.07 Å². The Hall–Kier alpha value is -1.82. The van der Waals surface area contributed by atoms with Crippen molar-refractivity contribution in [2.24, 2.45) is 0 Å². The number of furan rings is 1. The highest BCUT2D eigenvalue weighted by Gasteiger charge is 2.14. The van der Waals surface area contributed by atoms with E-state index in [-0.39, 0.29) is 23.7 Å². The molecule has 4 nitrogen and oxygen atoms in total. The van der Waals surface area contributed by atoms with Gasteiger partial charge in [-0.25, -0.2) is 9.18 Å². The second kappa shape index (κ2) is 5.22. The second-order valence-corrected chi connectivity index (χ2v) is 4.34. The molecule has 6 heteroatoms. The lowest BCUT2D eigenvalue weighted by Gasteiger charge is -2.06. The molecule has 0 aliphatic carbocycles. The second-order valence-electron chi connectivity index (χ2n) is 3.43. The number of halogens is 2. The molecule has 2 aromatic rings. The molecule has 0 amide bonds. The van der Waals surface area contributed by atoms with E-state index >= 15 is 0 Å². The van der Waals surface area contributed by atoms with Crippen LogP contribution in [0.5, 0.6) is 5.75 Å². The van der Waals surface area contributed by atoms with Gasteiger partial charge in [-0.3, -0.25) is 0 Å². The molecule has 0 spiro atoms. The lowest BCUT2D eigenvalue weighted by atomic mass is 10.2. The summed E-state index contributed by atoms with van der Waals surface area (Å²) in [6.07, 6.45) is 1.25. The first kappa shape index (κ1) is 12.6. The fraction of sp³-hybridized carbons (Fsp3) is 0.0833. The Balaban J connectivity index is 2.11. The van der Waals surface area contributed by atoms with Crippen LogP contribution in [-0.4, -0.2) is 11.1 Å². The number of carbonyl (C=O) groups is 1. The summed E-state index contributed by atoms with van der Waals surface area (Å²) in [6, 6.07) is 5.65. The van der Waals surface area contributed by atoms with Crippen LogP contribution in [0.3, 0.4) is 0 Å². The van der Waals surface area contributed by atoms with Gasteiger partial charge in [-0.2, -0.15) is 0 Å². The van der Waals surface area contributed by atoms with Crippen LogP contribution in [-0.2, 0) is 6.61 Å². The Bertz CT molecular complexity index is 579. The fourth-order valence-electron chi connectivity index (χ4n) is 1.38. The van der Waals surface area contributed by atoms with E-state index in [0.29, 0.717) is 4.47 Å². The van der Waals surface area contributed by atoms with Crippen LogP contribution in [0.1, 0.15) is 16.1 Å². The summed E-state index contributed by atoms with van der Waals surface area (Å²) in [5.41, 5.74) is 0.00696. The first-order valence-corrected chi connectivity index (χ1v) is 5.74. The molecule has 0 aliphatic heterocycles. The predicted molar refractivity (Wildman–Crippen MR) is 64.1 cm³/mol. The third kappa shape index (κ3) is 2.70. The molecule has 0 atom stereocenters. The normalized spacial score (nSPS) is 10.3. The van der Waals surface area contributed by atoms with Gasteiger partial charge in [0.25, 0.3) is 0 Å². The molecular formula is C12H8BrFO4. The van der Waals surface area contributed by atoms with E-state index in [9.17, 15) is 9.18 Å². The average molecular weight is 315 g/mol. The van der Waals surface area contributed by atoms with Crippen molar-refractivity contribution in [2.45, 2.75) is 6.61 Å². The molecule has 0 aliphatic rings. The first-order valence-electron chi connectivity index (χ1n) is 4.95. The molecule has 1 N–H and O–H groups in total. The molecule has 18 heavy (non-hydrogen) atoms. The number of rotatable bonds is 4. The van der Waals surface area contributed by atoms with E-state index in [1.165, 1.54) is 24.5 Å². The maximum absolute atomic E-state index is 13.4. The lowest BCUT2D eigenvalue weighted by molar-refractivity contribution is 0.0691. The summed E-state index contributed by atoms with van der Waals surface area (Å²) < 4.78 is 24.2. The van der Waals surface area contributed by atoms with Gasteiger partial charge in [0, 0.05) is 4.47 Å². The van der Waals surface area contributed by atoms with Gasteiger partial charge in [0.1, 0.15) is 12.2 Å². The zero-order chi connectivity index (χ0) is 13.1. The summed E-state index contributed by atoms with van der Waals surface area (Å²) in [7, 11) is 0. The fourth-order valence-corrected chi connectivity index (χ4v) is 1.71. The molecule has 1 heterocycles. The van der Waals surface area contributed by atoms with Crippen LogP contribution in [0.2, 0.25) is 0 Å². The molecule has 0 saturated heterocycles. The van der Waals surface area contributed by atoms with E-state index in [2.05, 4.69) is 15.9 Å². The van der Waals surface area contributed by atoms with E-state index in [4.69, 9.17) is 14.3 Å². The molecular weight excluding hydrogens is 307 g/mol. The zero-order valence-corrected chi connectivity index (χ0v) is 10.6. The smallest absolute Gasteiger partial charge is 0.339 e. The maximum atomic E-state index is 13.4. The molecule has 0 unspecified atom stereocenters. The molecule has 0 saturated carbocycles. The monoisotopic (exact) mass is 314 g/mol. The topological polar surface area (TPSA) is 59.7 Å². The van der Waals surface area contributed by atoms with Gasteiger partial charge in [0.2, 0.25) is 0 Å². The van der Waals surface area contributed by atoms with Gasteiger partial charge in [-0.15, -0.1) is 0 Å². The van der Waals surface area contributed by atoms with Gasteiger partial charge in [-0.1, -0.05) is 15.9 Å². The van der Waals surface area contributed by atoms with Gasteiger partial charge >= 0.3 is 5.97 Å². The number of hydrogen-bond acceptors (Lipinski definition) is 3. The summed E-state index contributed by atoms with van der Waals surface area (Å²) in [5, 5.41) is 8.85. The van der Waals surface area contributed by atoms with E-state index in [1.807, 2.05) is 0 Å². The van der Waals surface area contributed by atoms with Crippen LogP contribution in [0, 0.1) is 5.82 Å². The molecule has 0 fully saturated rings. The SMILES string of the molecule is O=C(O)c1ccoc1COc1ccc(Br)cc1F. The molecule has 1 aromatic carbocycles. The van der Waals surface area contributed by atoms with Crippen molar-refractivity contribution in [1.29, 1.82) is 0 Å². The van der Waals surface area contributed by atoms with Crippen LogP contribution >= 0.6 is 15.9 Å². The first-order chi connectivity index (χ1) is 8.58. The van der Waals surface area contributed by atoms with E-state index in [0.717, 1.165) is 0 Å². The van der Waals surface area contributed by atoms with Crippen LogP contribution < -0.4 is 4.74 Å². The summed E-state index contributed by atoms with van der Waals surface area (Å²) in [6.45, 7) is -0.146. The Labute approximate surface area is 110 Å². The minimum Gasteiger partial charge on any atom is -0.483 e. The Morgan fingerprint density at radius 3 is 2.89 bits per heavy atom. The lowest BCUT2D eigenvalue weighted by Crippen LogP contribution is -2.03. The van der Waals surface area contributed by atoms with Gasteiger partial charge in [0.15, 0.2) is 17.3 Å². The van der Waals surface area contributed by atoms with Crippen LogP contribution in [0.25, 0.3) is 0 Å². The Kier molecular flexibility index (Phi) is 3.66. The van der Waals surface area contributed by atoms with Crippen molar-refractivity contribution in [2.75, 3.05) is 0 Å². The largest absolute Gasteiger partial charge is 0.483 e. The third-order valence-electron chi connectivity index (χ3n) is 2.23. The maximum Gasteiger partial charge on any atom is 0.339 e. The molecule has 2 rings (SSSR count). The highest BCUT2D eigenvalue weighted by Crippen LogP contribution is 2.23. The number of carboxylic acids is 1. The predicted octanol–water partition coefficient (Wildman–Crippen LogP) is 3.46. The molecule has 0 radical (unpaired) electrons. The molecule has 0 bridgehead atoms. The number of hydrogen-bond donors (Lipinski definition) is 1. The van der Waals surface area contributed by atoms with Crippen molar-refractivity contribution >= 4 is 21.9 Å². The van der Waals surface area contributed by atoms with Crippen molar-refractivity contribution in [3.63, 3.8) is 0 Å². The van der Waals surface area contributed by atoms with Gasteiger partial charge < -0.3 is 14.3 Å². The van der Waals surface area contributed by atoms with Crippen LogP contribution in [0.15, 0.2) is 39.4 Å². The van der Waals surface area contributed by atoms with Crippen molar-refractivity contribution < 1.29 is 23.4 Å². The summed E-state index contributed by atoms with van der Waals surface area (Å²) in [5.74, 6) is -1.47. The van der Waals surface area contributed by atoms with Gasteiger partial charge in [0.05, 0.1) is 6.26 Å². The van der Waals surface area contributed by atoms with Crippen molar-refractivity contribution in [1.82, 2.24) is 0 Å². The number of benzene rings is 1. The Morgan fingerprint density at radius 1 is 1.44 bits per heavy atom. The average Bonchev–Trinajstić information content (AvgIpc) is 2.76. The summed E-state index contributed by atoms with van der Waals surface area (Å²) in [4.78, 5) is 10.8. The molecule has 1 aromatic heterocycles. The van der Waals surface area contributed by atoms with E-state index < -0.39 is 11.8 Å². The minimum atomic E-state index is -1.11.